The van der Waals surface area contributed by atoms with Gasteiger partial charge in [0.25, 0.3) is 0 Å². The lowest BCUT2D eigenvalue weighted by atomic mass is 9.86. The van der Waals surface area contributed by atoms with Crippen LogP contribution in [0.3, 0.4) is 0 Å². The van der Waals surface area contributed by atoms with E-state index in [1.54, 1.807) is 7.11 Å². The van der Waals surface area contributed by atoms with Crippen LogP contribution in [0.25, 0.3) is 0 Å². The first-order valence-corrected chi connectivity index (χ1v) is 4.91. The summed E-state index contributed by atoms with van der Waals surface area (Å²) < 4.78 is 10.6. The summed E-state index contributed by atoms with van der Waals surface area (Å²) in [7, 11) is 1.60. The molecule has 0 amide bonds. The van der Waals surface area contributed by atoms with E-state index in [2.05, 4.69) is 6.58 Å². The van der Waals surface area contributed by atoms with Gasteiger partial charge in [0, 0.05) is 39.6 Å². The second kappa shape index (κ2) is 4.71. The third kappa shape index (κ3) is 2.42. The number of hydrogen-bond acceptors (Lipinski definition) is 3. The highest BCUT2D eigenvalue weighted by atomic mass is 16.5. The molecule has 1 heterocycles. The van der Waals surface area contributed by atoms with Crippen molar-refractivity contribution >= 4 is 5.78 Å². The Morgan fingerprint density at radius 3 is 2.50 bits per heavy atom. The van der Waals surface area contributed by atoms with Crippen LogP contribution < -0.4 is 0 Å². The summed E-state index contributed by atoms with van der Waals surface area (Å²) >= 11 is 0. The average molecular weight is 198 g/mol. The Labute approximate surface area is 85.1 Å². The maximum atomic E-state index is 11.9. The summed E-state index contributed by atoms with van der Waals surface area (Å²) in [4.78, 5) is 11.9. The van der Waals surface area contributed by atoms with Gasteiger partial charge in [0.05, 0.1) is 0 Å². The van der Waals surface area contributed by atoms with Crippen LogP contribution >= 0.6 is 0 Å². The number of methoxy groups -OCH3 is 1. The number of rotatable bonds is 4. The number of ether oxygens (including phenoxy) is 2. The molecule has 0 unspecified atom stereocenters. The fraction of sp³-hybridized carbons (Fsp3) is 0.727. The van der Waals surface area contributed by atoms with Gasteiger partial charge in [-0.15, -0.1) is 0 Å². The van der Waals surface area contributed by atoms with Crippen molar-refractivity contribution < 1.29 is 14.3 Å². The van der Waals surface area contributed by atoms with E-state index in [-0.39, 0.29) is 5.78 Å². The van der Waals surface area contributed by atoms with Gasteiger partial charge in [-0.05, 0) is 6.92 Å². The van der Waals surface area contributed by atoms with E-state index >= 15 is 0 Å². The maximum Gasteiger partial charge on any atom is 0.168 e. The van der Waals surface area contributed by atoms with Crippen molar-refractivity contribution in [1.82, 2.24) is 0 Å². The van der Waals surface area contributed by atoms with Gasteiger partial charge >= 0.3 is 0 Å². The van der Waals surface area contributed by atoms with Gasteiger partial charge in [-0.25, -0.2) is 0 Å². The molecule has 0 saturated carbocycles. The van der Waals surface area contributed by atoms with Crippen molar-refractivity contribution in [3.8, 4) is 0 Å². The minimum atomic E-state index is -0.614. The highest BCUT2D eigenvalue weighted by Crippen LogP contribution is 2.27. The number of allylic oxidation sites excluding steroid dienone is 1. The Kier molecular flexibility index (Phi) is 3.84. The molecule has 0 spiro atoms. The highest BCUT2D eigenvalue weighted by molar-refractivity contribution is 5.89. The van der Waals surface area contributed by atoms with Gasteiger partial charge in [0.1, 0.15) is 5.60 Å². The molecule has 80 valence electrons. The van der Waals surface area contributed by atoms with Gasteiger partial charge in [-0.1, -0.05) is 12.2 Å². The average Bonchev–Trinajstić information content (AvgIpc) is 2.18. The van der Waals surface area contributed by atoms with Crippen molar-refractivity contribution in [2.75, 3.05) is 20.3 Å². The summed E-state index contributed by atoms with van der Waals surface area (Å²) in [5.74, 6) is 0.135. The maximum absolute atomic E-state index is 11.9. The Hall–Kier alpha value is -0.670. The first-order valence-electron chi connectivity index (χ1n) is 4.91. The van der Waals surface area contributed by atoms with Crippen LogP contribution in [0.15, 0.2) is 12.2 Å². The van der Waals surface area contributed by atoms with E-state index in [4.69, 9.17) is 9.47 Å². The molecule has 0 bridgehead atoms. The van der Waals surface area contributed by atoms with Crippen LogP contribution in [0.2, 0.25) is 0 Å². The van der Waals surface area contributed by atoms with Crippen LogP contribution in [-0.4, -0.2) is 31.7 Å². The van der Waals surface area contributed by atoms with E-state index in [0.29, 0.717) is 32.5 Å². The molecule has 0 aliphatic carbocycles. The SMILES string of the molecule is C=C(C)CC(=O)C1(OC)CCOCC1. The van der Waals surface area contributed by atoms with Crippen molar-refractivity contribution in [2.24, 2.45) is 0 Å². The Bertz CT molecular complexity index is 227. The molecule has 0 aromatic carbocycles. The fourth-order valence-electron chi connectivity index (χ4n) is 1.73. The van der Waals surface area contributed by atoms with E-state index in [1.165, 1.54) is 0 Å². The monoisotopic (exact) mass is 198 g/mol. The normalized spacial score (nSPS) is 20.4. The third-order valence-corrected chi connectivity index (χ3v) is 2.66. The molecule has 0 atom stereocenters. The second-order valence-electron chi connectivity index (χ2n) is 3.87. The summed E-state index contributed by atoms with van der Waals surface area (Å²) in [5, 5.41) is 0. The lowest BCUT2D eigenvalue weighted by molar-refractivity contribution is -0.151. The molecule has 1 aliphatic heterocycles. The minimum Gasteiger partial charge on any atom is -0.381 e. The topological polar surface area (TPSA) is 35.5 Å². The quantitative estimate of drug-likeness (QED) is 0.645. The Morgan fingerprint density at radius 1 is 1.50 bits per heavy atom. The lowest BCUT2D eigenvalue weighted by Gasteiger charge is -2.34. The standard InChI is InChI=1S/C11H18O3/c1-9(2)8-10(12)11(13-3)4-6-14-7-5-11/h1,4-8H2,2-3H3. The molecular formula is C11H18O3. The molecule has 3 nitrogen and oxygen atoms in total. The number of Topliss-reactive ketones (excluding diaryl/α,β-unsaturated/α-hetero) is 1. The number of carbonyl (C=O) groups is 1. The fourth-order valence-corrected chi connectivity index (χ4v) is 1.73. The van der Waals surface area contributed by atoms with Crippen LogP contribution in [0, 0.1) is 0 Å². The molecule has 3 heteroatoms. The van der Waals surface area contributed by atoms with Crippen molar-refractivity contribution in [3.63, 3.8) is 0 Å². The van der Waals surface area contributed by atoms with Crippen molar-refractivity contribution in [2.45, 2.75) is 31.8 Å². The smallest absolute Gasteiger partial charge is 0.168 e. The first-order chi connectivity index (χ1) is 6.60. The predicted octanol–water partition coefficient (Wildman–Crippen LogP) is 1.72. The summed E-state index contributed by atoms with van der Waals surface area (Å²) in [6, 6.07) is 0. The lowest BCUT2D eigenvalue weighted by Crippen LogP contribution is -2.45. The highest BCUT2D eigenvalue weighted by Gasteiger charge is 2.39. The molecule has 1 aliphatic rings. The molecular weight excluding hydrogens is 180 g/mol. The molecule has 1 fully saturated rings. The number of ketones is 1. The number of hydrogen-bond donors (Lipinski definition) is 0. The number of carbonyl (C=O) groups excluding carboxylic acids is 1. The van der Waals surface area contributed by atoms with Gasteiger partial charge in [-0.2, -0.15) is 0 Å². The summed E-state index contributed by atoms with van der Waals surface area (Å²) in [6.45, 7) is 6.82. The molecule has 1 rings (SSSR count). The van der Waals surface area contributed by atoms with Gasteiger partial charge in [0.2, 0.25) is 0 Å². The third-order valence-electron chi connectivity index (χ3n) is 2.66. The van der Waals surface area contributed by atoms with Gasteiger partial charge in [0.15, 0.2) is 5.78 Å². The Balaban J connectivity index is 2.67. The largest absolute Gasteiger partial charge is 0.381 e. The van der Waals surface area contributed by atoms with Gasteiger partial charge in [-0.3, -0.25) is 4.79 Å². The molecule has 14 heavy (non-hydrogen) atoms. The molecule has 0 aromatic rings. The zero-order chi connectivity index (χ0) is 10.6. The van der Waals surface area contributed by atoms with Crippen LogP contribution in [-0.2, 0) is 14.3 Å². The molecule has 0 radical (unpaired) electrons. The summed E-state index contributed by atoms with van der Waals surface area (Å²) in [5.41, 5.74) is 0.273. The van der Waals surface area contributed by atoms with Crippen molar-refractivity contribution in [1.29, 1.82) is 0 Å². The van der Waals surface area contributed by atoms with Gasteiger partial charge < -0.3 is 9.47 Å². The zero-order valence-corrected chi connectivity index (χ0v) is 8.97. The van der Waals surface area contributed by atoms with Crippen LogP contribution in [0.1, 0.15) is 26.2 Å². The van der Waals surface area contributed by atoms with E-state index in [9.17, 15) is 4.79 Å². The van der Waals surface area contributed by atoms with Crippen molar-refractivity contribution in [3.05, 3.63) is 12.2 Å². The molecule has 0 N–H and O–H groups in total. The van der Waals surface area contributed by atoms with E-state index in [1.807, 2.05) is 6.92 Å². The molecule has 0 aromatic heterocycles. The van der Waals surface area contributed by atoms with Crippen LogP contribution in [0.4, 0.5) is 0 Å². The predicted molar refractivity (Wildman–Crippen MR) is 54.2 cm³/mol. The van der Waals surface area contributed by atoms with E-state index in [0.717, 1.165) is 5.57 Å². The minimum absolute atomic E-state index is 0.135. The van der Waals surface area contributed by atoms with E-state index < -0.39 is 5.60 Å². The molecule has 1 saturated heterocycles. The summed E-state index contributed by atoms with van der Waals surface area (Å²) in [6.07, 6.45) is 1.74. The second-order valence-corrected chi connectivity index (χ2v) is 3.87. The zero-order valence-electron chi connectivity index (χ0n) is 8.97. The van der Waals surface area contributed by atoms with Crippen LogP contribution in [0.5, 0.6) is 0 Å². The first kappa shape index (κ1) is 11.4. The Morgan fingerprint density at radius 2 is 2.07 bits per heavy atom.